The molecule has 0 radical (unpaired) electrons. The molecule has 2 aromatic carbocycles. The van der Waals surface area contributed by atoms with Crippen LogP contribution < -0.4 is 9.64 Å². The van der Waals surface area contributed by atoms with Crippen molar-refractivity contribution in [1.82, 2.24) is 14.8 Å². The number of piperazine rings is 1. The van der Waals surface area contributed by atoms with Crippen molar-refractivity contribution in [2.75, 3.05) is 52.3 Å². The molecule has 1 aliphatic heterocycles. The summed E-state index contributed by atoms with van der Waals surface area (Å²) in [6.07, 6.45) is 0.495. The molecule has 1 saturated heterocycles. The third kappa shape index (κ3) is 4.67. The van der Waals surface area contributed by atoms with Gasteiger partial charge in [-0.05, 0) is 37.1 Å². The number of anilines is 1. The molecule has 10 heteroatoms. The number of nitrogens with zero attached hydrogens (tertiary/aromatic N) is 4. The highest BCUT2D eigenvalue weighted by molar-refractivity contribution is 7.22. The standard InChI is InChI=1S/C27H30N4O5S/c1-29-8-10-31(11-9-29)24(34)19-12-20-22(13-21(19)36-3)37-26(28-20)30(2)25(35)27(16-23(32)33)14-17-6-4-5-7-18(17)15-27/h4-7,12-13H,8-11,14-16H2,1-3H3,(H,32,33). The van der Waals surface area contributed by atoms with Crippen LogP contribution in [0.3, 0.4) is 0 Å². The van der Waals surface area contributed by atoms with Crippen LogP contribution >= 0.6 is 11.3 Å². The normalized spacial score (nSPS) is 17.0. The molecular weight excluding hydrogens is 492 g/mol. The van der Waals surface area contributed by atoms with Crippen LogP contribution in [-0.2, 0) is 22.4 Å². The Labute approximate surface area is 219 Å². The summed E-state index contributed by atoms with van der Waals surface area (Å²) in [5.41, 5.74) is 1.99. The molecular formula is C27H30N4O5S. The maximum Gasteiger partial charge on any atom is 0.304 e. The van der Waals surface area contributed by atoms with Crippen LogP contribution in [0.2, 0.25) is 0 Å². The predicted octanol–water partition coefficient (Wildman–Crippen LogP) is 2.92. The number of ether oxygens (including phenoxy) is 1. The Morgan fingerprint density at radius 1 is 1.11 bits per heavy atom. The number of hydrogen-bond donors (Lipinski definition) is 1. The number of amides is 2. The first-order valence-electron chi connectivity index (χ1n) is 12.2. The number of carbonyl (C=O) groups excluding carboxylic acids is 2. The van der Waals surface area contributed by atoms with Gasteiger partial charge < -0.3 is 19.6 Å². The fourth-order valence-electron chi connectivity index (χ4n) is 5.38. The molecule has 1 fully saturated rings. The molecule has 2 amide bonds. The minimum Gasteiger partial charge on any atom is -0.496 e. The molecule has 0 bridgehead atoms. The molecule has 1 N–H and O–H groups in total. The summed E-state index contributed by atoms with van der Waals surface area (Å²) < 4.78 is 6.34. The molecule has 2 aliphatic rings. The lowest BCUT2D eigenvalue weighted by Crippen LogP contribution is -2.47. The molecule has 1 aromatic heterocycles. The third-order valence-corrected chi connectivity index (χ3v) is 8.52. The lowest BCUT2D eigenvalue weighted by atomic mass is 9.80. The Bertz CT molecular complexity index is 1350. The maximum atomic E-state index is 13.8. The number of benzene rings is 2. The molecule has 9 nitrogen and oxygen atoms in total. The van der Waals surface area contributed by atoms with Gasteiger partial charge in [0, 0.05) is 39.3 Å². The minimum atomic E-state index is -1.07. The van der Waals surface area contributed by atoms with Crippen molar-refractivity contribution in [2.45, 2.75) is 19.3 Å². The number of thiazole rings is 1. The number of aliphatic carboxylic acids is 1. The lowest BCUT2D eigenvalue weighted by molar-refractivity contribution is -0.144. The molecule has 2 heterocycles. The van der Waals surface area contributed by atoms with Crippen LogP contribution in [-0.4, -0.2) is 85.1 Å². The summed E-state index contributed by atoms with van der Waals surface area (Å²) in [6, 6.07) is 11.2. The van der Waals surface area contributed by atoms with Gasteiger partial charge in [-0.1, -0.05) is 35.6 Å². The van der Waals surface area contributed by atoms with E-state index < -0.39 is 11.4 Å². The Hall–Kier alpha value is -3.50. The van der Waals surface area contributed by atoms with E-state index >= 15 is 0 Å². The first-order valence-corrected chi connectivity index (χ1v) is 13.1. The molecule has 0 atom stereocenters. The molecule has 5 rings (SSSR count). The third-order valence-electron chi connectivity index (χ3n) is 7.43. The van der Waals surface area contributed by atoms with Crippen molar-refractivity contribution in [1.29, 1.82) is 0 Å². The van der Waals surface area contributed by atoms with Crippen molar-refractivity contribution in [3.63, 3.8) is 0 Å². The number of hydrogen-bond acceptors (Lipinski definition) is 7. The maximum absolute atomic E-state index is 13.8. The number of likely N-dealkylation sites (N-methyl/N-ethyl adjacent to an activating group) is 1. The van der Waals surface area contributed by atoms with E-state index in [-0.39, 0.29) is 18.2 Å². The number of carboxylic acid groups (broad SMARTS) is 1. The van der Waals surface area contributed by atoms with Gasteiger partial charge in [0.15, 0.2) is 5.13 Å². The lowest BCUT2D eigenvalue weighted by Gasteiger charge is -2.32. The summed E-state index contributed by atoms with van der Waals surface area (Å²) in [5, 5.41) is 10.1. The Morgan fingerprint density at radius 3 is 2.35 bits per heavy atom. The van der Waals surface area contributed by atoms with Crippen LogP contribution in [0.1, 0.15) is 27.9 Å². The average Bonchev–Trinajstić information content (AvgIpc) is 3.47. The van der Waals surface area contributed by atoms with E-state index in [1.165, 1.54) is 23.3 Å². The van der Waals surface area contributed by atoms with Crippen molar-refractivity contribution in [2.24, 2.45) is 5.41 Å². The average molecular weight is 523 g/mol. The van der Waals surface area contributed by atoms with Gasteiger partial charge in [-0.3, -0.25) is 19.3 Å². The van der Waals surface area contributed by atoms with Crippen molar-refractivity contribution in [3.05, 3.63) is 53.1 Å². The number of rotatable bonds is 6. The molecule has 3 aromatic rings. The predicted molar refractivity (Wildman–Crippen MR) is 142 cm³/mol. The van der Waals surface area contributed by atoms with Crippen molar-refractivity contribution >= 4 is 44.5 Å². The Balaban J connectivity index is 1.45. The fourth-order valence-corrected chi connectivity index (χ4v) is 6.32. The van der Waals surface area contributed by atoms with E-state index in [0.29, 0.717) is 47.9 Å². The van der Waals surface area contributed by atoms with Crippen molar-refractivity contribution in [3.8, 4) is 5.75 Å². The Morgan fingerprint density at radius 2 is 1.76 bits per heavy atom. The summed E-state index contributed by atoms with van der Waals surface area (Å²) in [5.74, 6) is -0.911. The molecule has 0 spiro atoms. The summed E-state index contributed by atoms with van der Waals surface area (Å²) in [6.45, 7) is 2.91. The number of carboxylic acids is 1. The fraction of sp³-hybridized carbons (Fsp3) is 0.407. The highest BCUT2D eigenvalue weighted by Crippen LogP contribution is 2.43. The number of carbonyl (C=O) groups is 3. The zero-order valence-corrected chi connectivity index (χ0v) is 22.0. The summed E-state index contributed by atoms with van der Waals surface area (Å²) >= 11 is 1.31. The SMILES string of the molecule is COc1cc2sc(N(C)C(=O)C3(CC(=O)O)Cc4ccccc4C3)nc2cc1C(=O)N1CCN(C)CC1. The first-order chi connectivity index (χ1) is 17.7. The summed E-state index contributed by atoms with van der Waals surface area (Å²) in [4.78, 5) is 49.1. The second-order valence-electron chi connectivity index (χ2n) is 9.95. The highest BCUT2D eigenvalue weighted by atomic mass is 32.1. The van der Waals surface area contributed by atoms with E-state index in [4.69, 9.17) is 4.74 Å². The van der Waals surface area contributed by atoms with Gasteiger partial charge >= 0.3 is 5.97 Å². The van der Waals surface area contributed by atoms with Crippen LogP contribution in [0.15, 0.2) is 36.4 Å². The van der Waals surface area contributed by atoms with Gasteiger partial charge in [-0.25, -0.2) is 4.98 Å². The first kappa shape index (κ1) is 25.2. The number of aromatic nitrogens is 1. The minimum absolute atomic E-state index is 0.102. The van der Waals surface area contributed by atoms with Gasteiger partial charge in [-0.2, -0.15) is 0 Å². The molecule has 37 heavy (non-hydrogen) atoms. The van der Waals surface area contributed by atoms with Gasteiger partial charge in [0.2, 0.25) is 5.91 Å². The zero-order valence-electron chi connectivity index (χ0n) is 21.2. The molecule has 0 unspecified atom stereocenters. The molecule has 194 valence electrons. The van der Waals surface area contributed by atoms with Gasteiger partial charge in [0.25, 0.3) is 5.91 Å². The molecule has 0 saturated carbocycles. The summed E-state index contributed by atoms with van der Waals surface area (Å²) in [7, 11) is 5.21. The highest BCUT2D eigenvalue weighted by Gasteiger charge is 2.47. The Kier molecular flexibility index (Phi) is 6.63. The van der Waals surface area contributed by atoms with Crippen LogP contribution in [0.4, 0.5) is 5.13 Å². The largest absolute Gasteiger partial charge is 0.496 e. The van der Waals surface area contributed by atoms with Crippen LogP contribution in [0.5, 0.6) is 5.75 Å². The topological polar surface area (TPSA) is 103 Å². The quantitative estimate of drug-likeness (QED) is 0.531. The zero-order chi connectivity index (χ0) is 26.3. The number of fused-ring (bicyclic) bond motifs is 2. The monoisotopic (exact) mass is 522 g/mol. The molecule has 1 aliphatic carbocycles. The van der Waals surface area contributed by atoms with E-state index in [9.17, 15) is 19.5 Å². The van der Waals surface area contributed by atoms with E-state index in [1.807, 2.05) is 36.2 Å². The second kappa shape index (κ2) is 9.75. The number of methoxy groups -OCH3 is 1. The smallest absolute Gasteiger partial charge is 0.304 e. The van der Waals surface area contributed by atoms with Crippen LogP contribution in [0.25, 0.3) is 10.2 Å². The van der Waals surface area contributed by atoms with Gasteiger partial charge in [0.1, 0.15) is 5.75 Å². The van der Waals surface area contributed by atoms with E-state index in [0.717, 1.165) is 28.9 Å². The van der Waals surface area contributed by atoms with Crippen LogP contribution in [0, 0.1) is 5.41 Å². The van der Waals surface area contributed by atoms with Gasteiger partial charge in [-0.15, -0.1) is 0 Å². The second-order valence-corrected chi connectivity index (χ2v) is 11.0. The van der Waals surface area contributed by atoms with E-state index in [1.54, 1.807) is 19.2 Å². The van der Waals surface area contributed by atoms with E-state index in [2.05, 4.69) is 9.88 Å². The van der Waals surface area contributed by atoms with Gasteiger partial charge in [0.05, 0.1) is 34.7 Å². The van der Waals surface area contributed by atoms with Crippen molar-refractivity contribution < 1.29 is 24.2 Å².